The standard InChI is InChI=1S/C22H30N4OS/c1-3-4-5-12-24-21(27)18-7-6-15-26(16-18)20-22(25-14-13-23-20)28-19-10-8-17(2)9-11-19/h8-11,13-14,18H,3-7,12,15-16H2,1-2H3,(H,24,27)/t18-/m0/s1. The summed E-state index contributed by atoms with van der Waals surface area (Å²) in [5.41, 5.74) is 1.24. The van der Waals surface area contributed by atoms with E-state index in [4.69, 9.17) is 0 Å². The van der Waals surface area contributed by atoms with Gasteiger partial charge in [-0.2, -0.15) is 0 Å². The number of carbonyl (C=O) groups excluding carboxylic acids is 1. The second-order valence-electron chi connectivity index (χ2n) is 7.38. The minimum absolute atomic E-state index is 0.0228. The van der Waals surface area contributed by atoms with Crippen molar-refractivity contribution in [3.63, 3.8) is 0 Å². The number of hydrogen-bond acceptors (Lipinski definition) is 5. The Morgan fingerprint density at radius 3 is 2.79 bits per heavy atom. The van der Waals surface area contributed by atoms with Crippen LogP contribution in [0.15, 0.2) is 46.6 Å². The van der Waals surface area contributed by atoms with Gasteiger partial charge in [0.25, 0.3) is 0 Å². The Balaban J connectivity index is 1.65. The SMILES string of the molecule is CCCCCNC(=O)[C@H]1CCCN(c2nccnc2Sc2ccc(C)cc2)C1. The number of benzene rings is 1. The minimum atomic E-state index is 0.0228. The van der Waals surface area contributed by atoms with Crippen LogP contribution in [0.3, 0.4) is 0 Å². The largest absolute Gasteiger partial charge is 0.356 e. The summed E-state index contributed by atoms with van der Waals surface area (Å²) in [5.74, 6) is 1.09. The molecular weight excluding hydrogens is 368 g/mol. The number of anilines is 1. The predicted molar refractivity (Wildman–Crippen MR) is 115 cm³/mol. The molecule has 1 aromatic heterocycles. The highest BCUT2D eigenvalue weighted by atomic mass is 32.2. The van der Waals surface area contributed by atoms with Crippen LogP contribution >= 0.6 is 11.8 Å². The lowest BCUT2D eigenvalue weighted by Gasteiger charge is -2.33. The smallest absolute Gasteiger partial charge is 0.224 e. The molecule has 28 heavy (non-hydrogen) atoms. The zero-order valence-corrected chi connectivity index (χ0v) is 17.7. The maximum atomic E-state index is 12.6. The number of unbranched alkanes of at least 4 members (excludes halogenated alkanes) is 2. The van der Waals surface area contributed by atoms with Gasteiger partial charge in [-0.25, -0.2) is 9.97 Å². The second-order valence-corrected chi connectivity index (χ2v) is 8.45. The van der Waals surface area contributed by atoms with Crippen LogP contribution in [0.4, 0.5) is 5.82 Å². The molecule has 2 aromatic rings. The number of rotatable bonds is 8. The van der Waals surface area contributed by atoms with E-state index in [1.165, 1.54) is 12.0 Å². The summed E-state index contributed by atoms with van der Waals surface area (Å²) in [7, 11) is 0. The first-order chi connectivity index (χ1) is 13.7. The average molecular weight is 399 g/mol. The van der Waals surface area contributed by atoms with Crippen molar-refractivity contribution in [1.82, 2.24) is 15.3 Å². The maximum absolute atomic E-state index is 12.6. The molecule has 3 rings (SSSR count). The normalized spacial score (nSPS) is 16.8. The molecule has 0 saturated carbocycles. The van der Waals surface area contributed by atoms with Crippen molar-refractivity contribution >= 4 is 23.5 Å². The van der Waals surface area contributed by atoms with E-state index in [0.29, 0.717) is 6.54 Å². The van der Waals surface area contributed by atoms with E-state index < -0.39 is 0 Å². The molecule has 2 heterocycles. The minimum Gasteiger partial charge on any atom is -0.356 e. The van der Waals surface area contributed by atoms with Crippen molar-refractivity contribution in [2.24, 2.45) is 5.92 Å². The fourth-order valence-corrected chi connectivity index (χ4v) is 4.32. The molecule has 1 aliphatic heterocycles. The van der Waals surface area contributed by atoms with Gasteiger partial charge in [0.1, 0.15) is 5.03 Å². The number of nitrogens with one attached hydrogen (secondary N) is 1. The van der Waals surface area contributed by atoms with Gasteiger partial charge in [-0.05, 0) is 38.3 Å². The van der Waals surface area contributed by atoms with Crippen molar-refractivity contribution in [2.75, 3.05) is 24.5 Å². The van der Waals surface area contributed by atoms with E-state index in [-0.39, 0.29) is 11.8 Å². The molecule has 0 spiro atoms. The summed E-state index contributed by atoms with van der Waals surface area (Å²) >= 11 is 1.63. The molecule has 0 radical (unpaired) electrons. The number of hydrogen-bond donors (Lipinski definition) is 1. The lowest BCUT2D eigenvalue weighted by molar-refractivity contribution is -0.125. The van der Waals surface area contributed by atoms with Gasteiger partial charge < -0.3 is 10.2 Å². The molecule has 5 nitrogen and oxygen atoms in total. The van der Waals surface area contributed by atoms with Gasteiger partial charge in [-0.15, -0.1) is 0 Å². The van der Waals surface area contributed by atoms with Crippen LogP contribution in [-0.4, -0.2) is 35.5 Å². The third-order valence-corrected chi connectivity index (χ3v) is 6.04. The number of aromatic nitrogens is 2. The van der Waals surface area contributed by atoms with Crippen molar-refractivity contribution in [1.29, 1.82) is 0 Å². The maximum Gasteiger partial charge on any atom is 0.224 e. The van der Waals surface area contributed by atoms with Gasteiger partial charge in [0.15, 0.2) is 5.82 Å². The Kier molecular flexibility index (Phi) is 7.71. The second kappa shape index (κ2) is 10.5. The van der Waals surface area contributed by atoms with Gasteiger partial charge >= 0.3 is 0 Å². The molecule has 0 unspecified atom stereocenters. The quantitative estimate of drug-likeness (QED) is 0.665. The molecule has 6 heteroatoms. The summed E-state index contributed by atoms with van der Waals surface area (Å²) in [6.45, 7) is 6.67. The van der Waals surface area contributed by atoms with Crippen LogP contribution < -0.4 is 10.2 Å². The highest BCUT2D eigenvalue weighted by Gasteiger charge is 2.28. The number of amides is 1. The van der Waals surface area contributed by atoms with Crippen LogP contribution in [0.5, 0.6) is 0 Å². The monoisotopic (exact) mass is 398 g/mol. The number of aryl methyl sites for hydroxylation is 1. The predicted octanol–water partition coefficient (Wildman–Crippen LogP) is 4.46. The van der Waals surface area contributed by atoms with Crippen LogP contribution in [0, 0.1) is 12.8 Å². The summed E-state index contributed by atoms with van der Waals surface area (Å²) in [4.78, 5) is 25.1. The Morgan fingerprint density at radius 1 is 1.21 bits per heavy atom. The van der Waals surface area contributed by atoms with E-state index in [9.17, 15) is 4.79 Å². The van der Waals surface area contributed by atoms with E-state index >= 15 is 0 Å². The van der Waals surface area contributed by atoms with Crippen LogP contribution in [-0.2, 0) is 4.79 Å². The third kappa shape index (κ3) is 5.71. The Morgan fingerprint density at radius 2 is 2.00 bits per heavy atom. The Labute approximate surface area is 172 Å². The van der Waals surface area contributed by atoms with Crippen molar-refractivity contribution < 1.29 is 4.79 Å². The third-order valence-electron chi connectivity index (χ3n) is 5.05. The summed E-state index contributed by atoms with van der Waals surface area (Å²) in [6, 6.07) is 8.44. The van der Waals surface area contributed by atoms with Gasteiger partial charge in [0, 0.05) is 36.9 Å². The average Bonchev–Trinajstić information content (AvgIpc) is 2.73. The van der Waals surface area contributed by atoms with E-state index in [0.717, 1.165) is 54.5 Å². The van der Waals surface area contributed by atoms with Crippen molar-refractivity contribution in [2.45, 2.75) is 55.9 Å². The first-order valence-corrected chi connectivity index (χ1v) is 11.1. The highest BCUT2D eigenvalue weighted by molar-refractivity contribution is 7.99. The Hall–Kier alpha value is -2.08. The first kappa shape index (κ1) is 20.6. The molecule has 1 aromatic carbocycles. The molecule has 1 N–H and O–H groups in total. The molecule has 1 amide bonds. The fourth-order valence-electron chi connectivity index (χ4n) is 3.44. The first-order valence-electron chi connectivity index (χ1n) is 10.3. The summed E-state index contributed by atoms with van der Waals surface area (Å²) < 4.78 is 0. The van der Waals surface area contributed by atoms with Gasteiger partial charge in [-0.3, -0.25) is 4.79 Å². The van der Waals surface area contributed by atoms with Crippen molar-refractivity contribution in [3.8, 4) is 0 Å². The lowest BCUT2D eigenvalue weighted by atomic mass is 9.97. The van der Waals surface area contributed by atoms with E-state index in [1.807, 2.05) is 0 Å². The molecule has 150 valence electrons. The molecule has 1 fully saturated rings. The fraction of sp³-hybridized carbons (Fsp3) is 0.500. The van der Waals surface area contributed by atoms with Crippen LogP contribution in [0.25, 0.3) is 0 Å². The number of nitrogens with zero attached hydrogens (tertiary/aromatic N) is 3. The summed E-state index contributed by atoms with van der Waals surface area (Å²) in [6.07, 6.45) is 8.80. The molecule has 1 saturated heterocycles. The molecule has 1 aliphatic rings. The Bertz CT molecular complexity index is 765. The van der Waals surface area contributed by atoms with E-state index in [2.05, 4.69) is 58.3 Å². The van der Waals surface area contributed by atoms with Crippen molar-refractivity contribution in [3.05, 3.63) is 42.2 Å². The van der Waals surface area contributed by atoms with E-state index in [1.54, 1.807) is 24.2 Å². The number of piperidine rings is 1. The highest BCUT2D eigenvalue weighted by Crippen LogP contribution is 2.34. The van der Waals surface area contributed by atoms with Gasteiger partial charge in [0.05, 0.1) is 5.92 Å². The molecule has 0 bridgehead atoms. The molecular formula is C22H30N4OS. The van der Waals surface area contributed by atoms with Crippen LogP contribution in [0.2, 0.25) is 0 Å². The lowest BCUT2D eigenvalue weighted by Crippen LogP contribution is -2.43. The van der Waals surface area contributed by atoms with Gasteiger partial charge in [0.2, 0.25) is 5.91 Å². The molecule has 1 atom stereocenters. The molecule has 0 aliphatic carbocycles. The van der Waals surface area contributed by atoms with Gasteiger partial charge in [-0.1, -0.05) is 49.2 Å². The zero-order valence-electron chi connectivity index (χ0n) is 16.9. The topological polar surface area (TPSA) is 58.1 Å². The zero-order chi connectivity index (χ0) is 19.8. The summed E-state index contributed by atoms with van der Waals surface area (Å²) in [5, 5.41) is 4.01. The van der Waals surface area contributed by atoms with Crippen LogP contribution in [0.1, 0.15) is 44.6 Å². The number of carbonyl (C=O) groups is 1.